The second-order valence-electron chi connectivity index (χ2n) is 8.61. The van der Waals surface area contributed by atoms with Crippen LogP contribution in [0.5, 0.6) is 0 Å². The van der Waals surface area contributed by atoms with Gasteiger partial charge in [0.05, 0.1) is 17.7 Å². The molecule has 2 aliphatic rings. The van der Waals surface area contributed by atoms with Crippen LogP contribution in [0.1, 0.15) is 31.4 Å². The van der Waals surface area contributed by atoms with E-state index in [4.69, 9.17) is 4.74 Å². The molecular weight excluding hydrogens is 428 g/mol. The third kappa shape index (κ3) is 3.47. The lowest BCUT2D eigenvalue weighted by Crippen LogP contribution is -2.57. The Morgan fingerprint density at radius 3 is 2.25 bits per heavy atom. The number of fused-ring (bicyclic) bond motifs is 1. The van der Waals surface area contributed by atoms with E-state index in [0.29, 0.717) is 6.54 Å². The summed E-state index contributed by atoms with van der Waals surface area (Å²) in [6.07, 6.45) is 0.153. The smallest absolute Gasteiger partial charge is 0.330 e. The van der Waals surface area contributed by atoms with Gasteiger partial charge >= 0.3 is 5.97 Å². The third-order valence-corrected chi connectivity index (χ3v) is 11.2. The molecule has 4 rings (SSSR count). The topological polar surface area (TPSA) is 95.9 Å². The van der Waals surface area contributed by atoms with Crippen LogP contribution in [0, 0.1) is 0 Å². The van der Waals surface area contributed by atoms with Gasteiger partial charge in [-0.3, -0.25) is 9.59 Å². The Morgan fingerprint density at radius 2 is 1.69 bits per heavy atom. The molecule has 0 bridgehead atoms. The average molecular weight is 457 g/mol. The van der Waals surface area contributed by atoms with E-state index in [9.17, 15) is 19.5 Å². The highest BCUT2D eigenvalue weighted by Gasteiger charge is 2.71. The van der Waals surface area contributed by atoms with E-state index in [1.165, 1.54) is 4.90 Å². The Kier molecular flexibility index (Phi) is 6.01. The number of carbonyl (C=O) groups is 3. The first-order valence-electron chi connectivity index (χ1n) is 10.6. The van der Waals surface area contributed by atoms with Gasteiger partial charge < -0.3 is 20.1 Å². The summed E-state index contributed by atoms with van der Waals surface area (Å²) >= 11 is 0. The number of rotatable bonds is 6. The maximum atomic E-state index is 13.5. The summed E-state index contributed by atoms with van der Waals surface area (Å²) in [5.74, 6) is -1.13. The van der Waals surface area contributed by atoms with Gasteiger partial charge in [0.2, 0.25) is 5.91 Å². The number of carbonyl (C=O) groups excluding carboxylic acids is 3. The minimum absolute atomic E-state index is 0.0839. The molecule has 0 aliphatic carbocycles. The number of ether oxygens (including phenoxy) is 1. The first kappa shape index (κ1) is 22.4. The lowest BCUT2D eigenvalue weighted by Gasteiger charge is -2.48. The van der Waals surface area contributed by atoms with Gasteiger partial charge in [-0.2, -0.15) is 0 Å². The maximum Gasteiger partial charge on any atom is 0.330 e. The van der Waals surface area contributed by atoms with E-state index < -0.39 is 38.1 Å². The van der Waals surface area contributed by atoms with Gasteiger partial charge in [-0.1, -0.05) is 60.7 Å². The van der Waals surface area contributed by atoms with Gasteiger partial charge in [0, 0.05) is 11.3 Å². The van der Waals surface area contributed by atoms with Crippen LogP contribution in [-0.2, 0) is 27.5 Å². The molecule has 2 aromatic rings. The van der Waals surface area contributed by atoms with Gasteiger partial charge in [-0.05, 0) is 25.0 Å². The zero-order valence-electron chi connectivity index (χ0n) is 18.2. The molecule has 2 aromatic carbocycles. The number of esters is 1. The lowest BCUT2D eigenvalue weighted by atomic mass is 9.98. The minimum atomic E-state index is -2.47. The average Bonchev–Trinajstić information content (AvgIpc) is 2.97. The molecule has 7 nitrogen and oxygen atoms in total. The molecule has 2 amide bonds. The lowest BCUT2D eigenvalue weighted by molar-refractivity contribution is -0.162. The summed E-state index contributed by atoms with van der Waals surface area (Å²) in [4.78, 5) is 40.7. The Hall–Kier alpha value is -2.84. The Morgan fingerprint density at radius 1 is 1.09 bits per heavy atom. The summed E-state index contributed by atoms with van der Waals surface area (Å²) in [5, 5.41) is 12.7. The van der Waals surface area contributed by atoms with Crippen molar-refractivity contribution >= 4 is 27.1 Å². The number of aliphatic hydroxyl groups excluding tert-OH is 1. The van der Waals surface area contributed by atoms with Crippen molar-refractivity contribution < 1.29 is 24.2 Å². The summed E-state index contributed by atoms with van der Waals surface area (Å²) in [7, 11) is -2.47. The summed E-state index contributed by atoms with van der Waals surface area (Å²) < 4.78 is 4.61. The Labute approximate surface area is 189 Å². The largest absolute Gasteiger partial charge is 0.459 e. The zero-order chi connectivity index (χ0) is 22.9. The fourth-order valence-corrected chi connectivity index (χ4v) is 8.75. The molecule has 0 saturated carbocycles. The Bertz CT molecular complexity index is 1010. The highest BCUT2D eigenvalue weighted by molar-refractivity contribution is 8.46. The molecule has 2 heterocycles. The highest BCUT2D eigenvalue weighted by atomic mass is 32.3. The van der Waals surface area contributed by atoms with Crippen LogP contribution >= 0.6 is 10.0 Å². The van der Waals surface area contributed by atoms with Crippen LogP contribution in [0.4, 0.5) is 4.79 Å². The number of benzene rings is 2. The quantitative estimate of drug-likeness (QED) is 0.514. The summed E-state index contributed by atoms with van der Waals surface area (Å²) in [5.41, 5.74) is 1.77. The predicted molar refractivity (Wildman–Crippen MR) is 123 cm³/mol. The van der Waals surface area contributed by atoms with Gasteiger partial charge in [0.1, 0.15) is 12.6 Å². The van der Waals surface area contributed by atoms with Crippen molar-refractivity contribution in [1.29, 1.82) is 0 Å². The standard InChI is InChI=1S/C24H28N2O5S/c1-24(2)21(22(29)31-15-18-11-7-4-8-12-18)26-19(28)13-20(26)32(24,16-27)23(30)25-14-17-9-5-3-6-10-17/h3-12,20-21,27H,13-16H2,1-2H3,(H,25,30)/t20-,21+/m1/s1. The predicted octanol–water partition coefficient (Wildman–Crippen LogP) is 3.11. The number of hydrogen-bond acceptors (Lipinski definition) is 5. The molecule has 3 atom stereocenters. The number of hydrogen-bond donors (Lipinski definition) is 2. The van der Waals surface area contributed by atoms with Gasteiger partial charge in [0.15, 0.2) is 0 Å². The van der Waals surface area contributed by atoms with Gasteiger partial charge in [0.25, 0.3) is 5.24 Å². The van der Waals surface area contributed by atoms with Crippen LogP contribution in [0.25, 0.3) is 0 Å². The first-order chi connectivity index (χ1) is 15.3. The van der Waals surface area contributed by atoms with Crippen LogP contribution in [-0.4, -0.2) is 49.2 Å². The fourth-order valence-electron chi connectivity index (χ4n) is 4.71. The minimum Gasteiger partial charge on any atom is -0.459 e. The number of nitrogens with one attached hydrogen (secondary N) is 1. The monoisotopic (exact) mass is 456 g/mol. The van der Waals surface area contributed by atoms with Gasteiger partial charge in [-0.15, -0.1) is 10.0 Å². The molecule has 2 saturated heterocycles. The highest BCUT2D eigenvalue weighted by Crippen LogP contribution is 2.73. The molecule has 0 spiro atoms. The van der Waals surface area contributed by atoms with Crippen LogP contribution in [0.3, 0.4) is 0 Å². The van der Waals surface area contributed by atoms with Crippen LogP contribution in [0.15, 0.2) is 60.7 Å². The Balaban J connectivity index is 1.57. The summed E-state index contributed by atoms with van der Waals surface area (Å²) in [6.45, 7) is 3.98. The number of amides is 2. The number of nitrogens with zero attached hydrogens (tertiary/aromatic N) is 1. The maximum absolute atomic E-state index is 13.5. The van der Waals surface area contributed by atoms with Crippen molar-refractivity contribution in [2.75, 3.05) is 5.94 Å². The van der Waals surface area contributed by atoms with E-state index in [2.05, 4.69) is 5.32 Å². The number of aliphatic hydroxyl groups is 1. The van der Waals surface area contributed by atoms with E-state index in [0.717, 1.165) is 11.1 Å². The molecule has 2 fully saturated rings. The van der Waals surface area contributed by atoms with Gasteiger partial charge in [-0.25, -0.2) is 4.79 Å². The van der Waals surface area contributed by atoms with Crippen molar-refractivity contribution in [2.45, 2.75) is 49.6 Å². The van der Waals surface area contributed by atoms with Crippen molar-refractivity contribution in [2.24, 2.45) is 0 Å². The first-order valence-corrected chi connectivity index (χ1v) is 12.4. The number of β-lactam (4-membered cyclic amide) rings is 1. The zero-order valence-corrected chi connectivity index (χ0v) is 19.0. The SMILES string of the molecule is CC1(C)[C@H](C(=O)OCc2ccccc2)N2C(=O)C[C@H]2[S@@]1(CO)C(=O)NCc1ccccc1. The molecule has 170 valence electrons. The molecule has 0 aromatic heterocycles. The van der Waals surface area contributed by atoms with Crippen molar-refractivity contribution in [3.05, 3.63) is 71.8 Å². The van der Waals surface area contributed by atoms with E-state index >= 15 is 0 Å². The fraction of sp³-hybridized carbons (Fsp3) is 0.375. The van der Waals surface area contributed by atoms with E-state index in [-0.39, 0.29) is 24.2 Å². The molecule has 32 heavy (non-hydrogen) atoms. The summed E-state index contributed by atoms with van der Waals surface area (Å²) in [6, 6.07) is 17.9. The molecule has 0 unspecified atom stereocenters. The second-order valence-corrected chi connectivity index (χ2v) is 12.4. The molecule has 2 aliphatic heterocycles. The third-order valence-electron chi connectivity index (χ3n) is 6.55. The molecule has 2 N–H and O–H groups in total. The van der Waals surface area contributed by atoms with E-state index in [1.807, 2.05) is 60.7 Å². The van der Waals surface area contributed by atoms with Crippen molar-refractivity contribution in [1.82, 2.24) is 10.2 Å². The van der Waals surface area contributed by atoms with Crippen LogP contribution < -0.4 is 5.32 Å². The second kappa shape index (κ2) is 8.60. The molecule has 8 heteroatoms. The molecule has 0 radical (unpaired) electrons. The van der Waals surface area contributed by atoms with Crippen molar-refractivity contribution in [3.8, 4) is 0 Å². The van der Waals surface area contributed by atoms with E-state index in [1.54, 1.807) is 13.8 Å². The van der Waals surface area contributed by atoms with Crippen molar-refractivity contribution in [3.63, 3.8) is 0 Å². The molecular formula is C24H28N2O5S. The van der Waals surface area contributed by atoms with Crippen LogP contribution in [0.2, 0.25) is 0 Å². The normalized spacial score (nSPS) is 25.6.